The molecule has 0 aliphatic heterocycles. The monoisotopic (exact) mass is 1440 g/mol. The number of phosphoric acid groups is 2. The zero-order chi connectivity index (χ0) is 73.2. The number of hydrogen-bond donors (Lipinski definition) is 3. The maximum atomic E-state index is 13.1. The van der Waals surface area contributed by atoms with Crippen LogP contribution in [-0.2, 0) is 65.4 Å². The average molecular weight is 1440 g/mol. The molecule has 0 aromatic heterocycles. The van der Waals surface area contributed by atoms with Crippen LogP contribution in [0.3, 0.4) is 0 Å². The van der Waals surface area contributed by atoms with E-state index in [1.807, 2.05) is 12.2 Å². The third kappa shape index (κ3) is 71.3. The van der Waals surface area contributed by atoms with Crippen molar-refractivity contribution in [3.05, 3.63) is 146 Å². The van der Waals surface area contributed by atoms with Crippen LogP contribution in [0.2, 0.25) is 0 Å². The standard InChI is InChI=1S/C81H134O17P2/c1-5-9-13-17-21-25-29-33-35-36-37-38-40-43-46-50-54-58-62-66-79(84)92-72-77(98-81(86)68-64-60-56-52-48-44-39-34-30-26-22-18-14-10-6-2)74-96-100(89,90)94-70-75(82)69-93-99(87,88)95-73-76(97-80(85)67-63-59-55-51-47-42-32-28-24-20-16-12-8-4)71-91-78(83)65-61-57-53-49-45-41-31-27-23-19-15-11-7-3/h9-10,13-14,21-22,25-28,31-35,37-39,43,46,48,52,60,64,75-77,82H,5-8,11-12,15-20,23-24,29-30,36,40-42,44-45,47,49-51,53-59,61-63,65-74H2,1-4H3,(H,87,88)(H,89,90)/b13-9-,14-10-,25-21-,26-22-,31-27-,32-28-,35-33-,38-37-,39-34-,46-43-,52-48-,64-60-. The number of rotatable bonds is 70. The zero-order valence-corrected chi connectivity index (χ0v) is 63.9. The fourth-order valence-electron chi connectivity index (χ4n) is 9.55. The summed E-state index contributed by atoms with van der Waals surface area (Å²) >= 11 is 0. The molecule has 5 atom stereocenters. The maximum Gasteiger partial charge on any atom is 0.472 e. The second-order valence-electron chi connectivity index (χ2n) is 24.8. The summed E-state index contributed by atoms with van der Waals surface area (Å²) in [5.41, 5.74) is 0. The number of aliphatic hydroxyl groups excluding tert-OH is 1. The molecule has 0 saturated carbocycles. The molecule has 0 radical (unpaired) electrons. The van der Waals surface area contributed by atoms with Gasteiger partial charge in [-0.05, 0) is 148 Å². The second-order valence-corrected chi connectivity index (χ2v) is 27.7. The molecule has 0 aliphatic rings. The van der Waals surface area contributed by atoms with E-state index in [1.54, 1.807) is 12.2 Å². The molecule has 19 heteroatoms. The lowest BCUT2D eigenvalue weighted by molar-refractivity contribution is -0.161. The fourth-order valence-corrected chi connectivity index (χ4v) is 11.1. The van der Waals surface area contributed by atoms with Gasteiger partial charge in [0.25, 0.3) is 0 Å². The lowest BCUT2D eigenvalue weighted by Gasteiger charge is -2.21. The minimum absolute atomic E-state index is 0.0775. The summed E-state index contributed by atoms with van der Waals surface area (Å²) in [7, 11) is -10.0. The van der Waals surface area contributed by atoms with Gasteiger partial charge >= 0.3 is 39.5 Å². The van der Waals surface area contributed by atoms with Crippen molar-refractivity contribution in [3.63, 3.8) is 0 Å². The fraction of sp³-hybridized carbons (Fsp3) is 0.654. The largest absolute Gasteiger partial charge is 0.472 e. The van der Waals surface area contributed by atoms with Crippen molar-refractivity contribution >= 4 is 39.5 Å². The van der Waals surface area contributed by atoms with Crippen LogP contribution in [0.5, 0.6) is 0 Å². The van der Waals surface area contributed by atoms with E-state index >= 15 is 0 Å². The number of esters is 4. The van der Waals surface area contributed by atoms with Gasteiger partial charge in [0.05, 0.1) is 32.8 Å². The number of allylic oxidation sites excluding steroid dienone is 23. The third-order valence-electron chi connectivity index (χ3n) is 15.3. The highest BCUT2D eigenvalue weighted by Gasteiger charge is 2.30. The molecular formula is C81H134O17P2. The molecule has 0 saturated heterocycles. The van der Waals surface area contributed by atoms with E-state index in [4.69, 9.17) is 37.0 Å². The van der Waals surface area contributed by atoms with E-state index in [1.165, 1.54) is 51.4 Å². The summed E-state index contributed by atoms with van der Waals surface area (Å²) in [4.78, 5) is 72.8. The first-order valence-electron chi connectivity index (χ1n) is 38.1. The van der Waals surface area contributed by atoms with Crippen LogP contribution >= 0.6 is 15.6 Å². The van der Waals surface area contributed by atoms with Crippen LogP contribution in [0.25, 0.3) is 0 Å². The smallest absolute Gasteiger partial charge is 0.462 e. The Morgan fingerprint density at radius 3 is 0.910 bits per heavy atom. The summed E-state index contributed by atoms with van der Waals surface area (Å²) in [5, 5.41) is 10.6. The minimum Gasteiger partial charge on any atom is -0.462 e. The molecular weight excluding hydrogens is 1310 g/mol. The van der Waals surface area contributed by atoms with E-state index < -0.39 is 97.5 Å². The van der Waals surface area contributed by atoms with Crippen molar-refractivity contribution in [1.82, 2.24) is 0 Å². The number of carbonyl (C=O) groups is 4. The van der Waals surface area contributed by atoms with Gasteiger partial charge in [-0.15, -0.1) is 0 Å². The van der Waals surface area contributed by atoms with Crippen molar-refractivity contribution in [2.45, 2.75) is 303 Å². The van der Waals surface area contributed by atoms with E-state index in [-0.39, 0.29) is 25.7 Å². The molecule has 570 valence electrons. The highest BCUT2D eigenvalue weighted by Crippen LogP contribution is 2.45. The van der Waals surface area contributed by atoms with Gasteiger partial charge in [-0.2, -0.15) is 0 Å². The Hall–Kier alpha value is -5.06. The van der Waals surface area contributed by atoms with Gasteiger partial charge in [-0.3, -0.25) is 37.3 Å². The highest BCUT2D eigenvalue weighted by atomic mass is 31.2. The second kappa shape index (κ2) is 72.3. The molecule has 100 heavy (non-hydrogen) atoms. The van der Waals surface area contributed by atoms with Crippen molar-refractivity contribution < 1.29 is 80.2 Å². The predicted molar refractivity (Wildman–Crippen MR) is 408 cm³/mol. The van der Waals surface area contributed by atoms with Gasteiger partial charge in [0.2, 0.25) is 0 Å². The number of hydrogen-bond acceptors (Lipinski definition) is 15. The van der Waals surface area contributed by atoms with Gasteiger partial charge in [0, 0.05) is 19.3 Å². The molecule has 3 N–H and O–H groups in total. The van der Waals surface area contributed by atoms with Crippen LogP contribution < -0.4 is 0 Å². The first-order chi connectivity index (χ1) is 48.7. The molecule has 0 spiro atoms. The Bertz CT molecular complexity index is 2470. The Kier molecular flexibility index (Phi) is 68.6. The van der Waals surface area contributed by atoms with Crippen LogP contribution in [0.4, 0.5) is 0 Å². The predicted octanol–water partition coefficient (Wildman–Crippen LogP) is 21.9. The van der Waals surface area contributed by atoms with Crippen LogP contribution in [0.15, 0.2) is 146 Å². The molecule has 0 fully saturated rings. The number of phosphoric ester groups is 2. The van der Waals surface area contributed by atoms with Crippen molar-refractivity contribution in [2.24, 2.45) is 0 Å². The molecule has 17 nitrogen and oxygen atoms in total. The lowest BCUT2D eigenvalue weighted by Crippen LogP contribution is -2.30. The van der Waals surface area contributed by atoms with Crippen LogP contribution in [-0.4, -0.2) is 96.7 Å². The van der Waals surface area contributed by atoms with Gasteiger partial charge in [0.1, 0.15) is 19.3 Å². The Morgan fingerprint density at radius 2 is 0.560 bits per heavy atom. The van der Waals surface area contributed by atoms with Crippen molar-refractivity contribution in [1.29, 1.82) is 0 Å². The van der Waals surface area contributed by atoms with E-state index in [2.05, 4.69) is 149 Å². The average Bonchev–Trinajstić information content (AvgIpc) is 0.946. The van der Waals surface area contributed by atoms with E-state index in [9.17, 15) is 43.2 Å². The summed E-state index contributed by atoms with van der Waals surface area (Å²) in [6, 6.07) is 0. The normalized spacial score (nSPS) is 14.8. The van der Waals surface area contributed by atoms with E-state index in [0.29, 0.717) is 25.7 Å². The molecule has 0 aromatic rings. The summed E-state index contributed by atoms with van der Waals surface area (Å²) in [6.45, 7) is 4.43. The number of aliphatic hydroxyl groups is 1. The van der Waals surface area contributed by atoms with Crippen molar-refractivity contribution in [3.8, 4) is 0 Å². The number of ether oxygens (including phenoxy) is 4. The molecule has 0 rings (SSSR count). The Morgan fingerprint density at radius 1 is 0.300 bits per heavy atom. The summed E-state index contributed by atoms with van der Waals surface area (Å²) in [6.07, 6.45) is 81.6. The first-order valence-corrected chi connectivity index (χ1v) is 41.1. The van der Waals surface area contributed by atoms with Gasteiger partial charge in [-0.1, -0.05) is 257 Å². The quantitative estimate of drug-likeness (QED) is 0.0169. The zero-order valence-electron chi connectivity index (χ0n) is 62.1. The van der Waals surface area contributed by atoms with Crippen LogP contribution in [0.1, 0.15) is 285 Å². The Labute approximate surface area is 605 Å². The molecule has 0 aliphatic carbocycles. The van der Waals surface area contributed by atoms with E-state index in [0.717, 1.165) is 154 Å². The number of unbranched alkanes of at least 4 members (excludes halogenated alkanes) is 21. The lowest BCUT2D eigenvalue weighted by atomic mass is 10.1. The first kappa shape index (κ1) is 94.9. The summed E-state index contributed by atoms with van der Waals surface area (Å²) < 4.78 is 68.3. The number of carbonyl (C=O) groups excluding carboxylic acids is 4. The molecule has 0 amide bonds. The SMILES string of the molecule is CC/C=C\C/C=C\C/C=C\C/C=C\C/C=C\CCCCCC(=O)OCC(COP(=O)(O)OCC(O)COP(=O)(O)OCC(COC(=O)CCCCCCC/C=C\CCCCCC)OC(=O)CCCCCCC/C=C\CCCCCC)OC(=O)C/C=C\C/C=C\C/C=C\C/C=C\C/C=C\CC. The topological polar surface area (TPSA) is 237 Å². The maximum absolute atomic E-state index is 13.1. The molecule has 5 unspecified atom stereocenters. The van der Waals surface area contributed by atoms with Crippen molar-refractivity contribution in [2.75, 3.05) is 39.6 Å². The van der Waals surface area contributed by atoms with Gasteiger partial charge in [-0.25, -0.2) is 9.13 Å². The Balaban J connectivity index is 5.46. The highest BCUT2D eigenvalue weighted by molar-refractivity contribution is 7.47. The molecule has 0 bridgehead atoms. The molecule has 0 aromatic carbocycles. The van der Waals surface area contributed by atoms with Crippen LogP contribution in [0, 0.1) is 0 Å². The minimum atomic E-state index is -5.01. The van der Waals surface area contributed by atoms with Gasteiger partial charge < -0.3 is 33.8 Å². The summed E-state index contributed by atoms with van der Waals surface area (Å²) in [5.74, 6) is -2.39. The van der Waals surface area contributed by atoms with Gasteiger partial charge in [0.15, 0.2) is 12.2 Å². The third-order valence-corrected chi connectivity index (χ3v) is 17.2. The molecule has 0 heterocycles.